The van der Waals surface area contributed by atoms with E-state index in [0.717, 1.165) is 9.80 Å². The second-order valence-electron chi connectivity index (χ2n) is 29.1. The Balaban J connectivity index is 0.737. The number of hydrogen-bond acceptors (Lipinski definition) is 24. The lowest BCUT2D eigenvalue weighted by molar-refractivity contribution is -0.151. The molecule has 0 bridgehead atoms. The first-order chi connectivity index (χ1) is 55.3. The minimum Gasteiger partial charge on any atom is -0.508 e. The van der Waals surface area contributed by atoms with Gasteiger partial charge in [-0.25, -0.2) is 4.79 Å². The zero-order valence-corrected chi connectivity index (χ0v) is 64.4. The highest BCUT2D eigenvalue weighted by Gasteiger charge is 2.55. The minimum absolute atomic E-state index is 0.0161. The van der Waals surface area contributed by atoms with Gasteiger partial charge >= 0.3 is 23.9 Å². The van der Waals surface area contributed by atoms with E-state index in [2.05, 4.69) is 42.4 Å². The van der Waals surface area contributed by atoms with Crippen molar-refractivity contribution >= 4 is 112 Å². The van der Waals surface area contributed by atoms with Crippen molar-refractivity contribution in [3.8, 4) is 34.5 Å². The highest BCUT2D eigenvalue weighted by Crippen LogP contribution is 2.57. The number of carboxylic acids is 3. The zero-order valence-electron chi connectivity index (χ0n) is 63.6. The molecular weight excluding hydrogens is 1540 g/mol. The highest BCUT2D eigenvalue weighted by atomic mass is 32.1. The number of primary amides is 1. The number of methoxy groups -OCH3 is 1. The van der Waals surface area contributed by atoms with Crippen molar-refractivity contribution in [3.63, 3.8) is 0 Å². The molecule has 6 aliphatic rings. The summed E-state index contributed by atoms with van der Waals surface area (Å²) in [6, 6.07) is 4.87. The zero-order chi connectivity index (χ0) is 84.0. The van der Waals surface area contributed by atoms with E-state index in [9.17, 15) is 98.1 Å². The van der Waals surface area contributed by atoms with Gasteiger partial charge in [0.15, 0.2) is 22.2 Å². The number of likely N-dealkylation sites (tertiary alicyclic amines) is 4. The van der Waals surface area contributed by atoms with Crippen LogP contribution in [0.3, 0.4) is 0 Å². The molecule has 0 aliphatic carbocycles. The van der Waals surface area contributed by atoms with Gasteiger partial charge in [-0.05, 0) is 169 Å². The molecule has 6 aliphatic heterocycles. The van der Waals surface area contributed by atoms with Gasteiger partial charge in [0.05, 0.1) is 31.5 Å². The second kappa shape index (κ2) is 38.1. The molecule has 0 radical (unpaired) electrons. The molecule has 4 fully saturated rings. The number of aliphatic hydroxyl groups is 1. The van der Waals surface area contributed by atoms with E-state index in [0.29, 0.717) is 66.6 Å². The number of nitrogens with two attached hydrogens (primary N) is 1. The molecule has 4 aromatic rings. The van der Waals surface area contributed by atoms with E-state index in [1.54, 1.807) is 30.3 Å². The van der Waals surface area contributed by atoms with Crippen LogP contribution in [0.25, 0.3) is 0 Å². The number of anilines is 1. The summed E-state index contributed by atoms with van der Waals surface area (Å²) in [6.45, 7) is 2.51. The Labute approximate surface area is 669 Å². The number of aliphatic hydroxyl groups excluding tert-OH is 1. The Morgan fingerprint density at radius 3 is 1.84 bits per heavy atom. The standard InChI is InChI=1S/C77H93N13O25S/c1-39(72(108)89-29-7-5-10-55(89)74(110)90-38-45(115-80-37-41-14-24-58(112-3)57(94)32-41)36-56(90)70(106)84-51(22-26-63(98)99)67(103)83-50(66(78)102)21-25-62(96)97)81-71(107)65(40(2)91)86-69(105)54-12-9-31-88(54)73(109)52(23-27-64(100)101)85-68(104)53-11-8-30-87(53)61(95)13-4-6-28-79-76(116)82-42-15-18-46-49(33-42)77(114-75(46)111)47-19-16-43(92)34-59(47)113-60-35-44(93)17-20-48(60)77/h14-20,24,32-35,37,39-40,45,50-56,65,91-94H,4-13,21-23,25-31,36,38H2,1-3H3,(H2,78,102)(H,81,107)(H,83,103)(H,84,106)(H,85,104)(H,86,105)(H,96,97)(H,98,99)(H,100,101)(H2,79,82,116)/b80-37-/t39-,40+,45+,50-,51-,52-,53-,54-,55?,56-,65-/m0/s1. The van der Waals surface area contributed by atoms with Crippen LogP contribution in [0.15, 0.2) is 78.0 Å². The summed E-state index contributed by atoms with van der Waals surface area (Å²) in [5.41, 5.74) is 6.34. The van der Waals surface area contributed by atoms with E-state index in [1.807, 2.05) is 0 Å². The summed E-state index contributed by atoms with van der Waals surface area (Å²) in [5, 5.41) is 93.5. The van der Waals surface area contributed by atoms with Crippen molar-refractivity contribution in [2.24, 2.45) is 10.9 Å². The third kappa shape index (κ3) is 20.4. The number of ether oxygens (including phenoxy) is 3. The number of rotatable bonds is 34. The fourth-order valence-electron chi connectivity index (χ4n) is 15.2. The number of nitrogens with one attached hydrogen (secondary N) is 7. The van der Waals surface area contributed by atoms with E-state index in [4.69, 9.17) is 37.0 Å². The molecule has 6 heterocycles. The van der Waals surface area contributed by atoms with Crippen LogP contribution >= 0.6 is 12.2 Å². The molecule has 0 saturated carbocycles. The number of benzene rings is 4. The van der Waals surface area contributed by atoms with Gasteiger partial charge < -0.3 is 117 Å². The molecule has 10 rings (SSSR count). The Hall–Kier alpha value is -12.4. The van der Waals surface area contributed by atoms with Gasteiger partial charge in [0.1, 0.15) is 83.5 Å². The number of carbonyl (C=O) groups is 14. The fraction of sp³-hybridized carbons (Fsp3) is 0.481. The predicted octanol–water partition coefficient (Wildman–Crippen LogP) is 1.12. The van der Waals surface area contributed by atoms with Crippen LogP contribution < -0.4 is 52.4 Å². The molecule has 39 heteroatoms. The maximum Gasteiger partial charge on any atom is 0.340 e. The number of thiocarbonyl (C=S) groups is 1. The average Bonchev–Trinajstić information content (AvgIpc) is 1.50. The molecule has 116 heavy (non-hydrogen) atoms. The number of phenols is 3. The Morgan fingerprint density at radius 2 is 1.22 bits per heavy atom. The van der Waals surface area contributed by atoms with E-state index < -0.39 is 188 Å². The van der Waals surface area contributed by atoms with Crippen LogP contribution in [-0.2, 0) is 77.5 Å². The van der Waals surface area contributed by atoms with Crippen molar-refractivity contribution in [2.75, 3.05) is 45.2 Å². The number of fused-ring (bicyclic) bond motifs is 6. The van der Waals surface area contributed by atoms with Gasteiger partial charge in [0, 0.05) is 92.8 Å². The van der Waals surface area contributed by atoms with Gasteiger partial charge in [-0.1, -0.05) is 5.16 Å². The predicted molar refractivity (Wildman–Crippen MR) is 409 cm³/mol. The normalized spacial score (nSPS) is 19.9. The quantitative estimate of drug-likeness (QED) is 0.0102. The lowest BCUT2D eigenvalue weighted by Gasteiger charge is -2.39. The summed E-state index contributed by atoms with van der Waals surface area (Å²) >= 11 is 5.63. The lowest BCUT2D eigenvalue weighted by atomic mass is 9.77. The van der Waals surface area contributed by atoms with Crippen molar-refractivity contribution in [1.82, 2.24) is 51.5 Å². The van der Waals surface area contributed by atoms with Gasteiger partial charge in [-0.3, -0.25) is 62.3 Å². The third-order valence-corrected chi connectivity index (χ3v) is 21.3. The molecule has 1 unspecified atom stereocenters. The van der Waals surface area contributed by atoms with Crippen LogP contribution in [0, 0.1) is 0 Å². The van der Waals surface area contributed by atoms with Crippen LogP contribution in [0.2, 0.25) is 0 Å². The Bertz CT molecular complexity index is 4470. The molecular formula is C77H93N13O25S. The number of oxime groups is 1. The van der Waals surface area contributed by atoms with Crippen LogP contribution in [-0.4, -0.2) is 256 Å². The Kier molecular flexibility index (Phi) is 28.3. The summed E-state index contributed by atoms with van der Waals surface area (Å²) in [6.07, 6.45) is -2.64. The first-order valence-electron chi connectivity index (χ1n) is 38.0. The SMILES string of the molecule is COc1ccc(/C=N\O[C@@H]2C[C@@H](C(=O)N[C@@H](CCC(=O)O)C(=O)N[C@@H](CCC(=O)O)C(N)=O)N(C(=O)C3CCCCN3C(=O)[C@H](C)NC(=O)[C@@H](NC(=O)[C@@H]3CCCN3C(=O)[C@H](CCC(=O)O)NC(=O)[C@@H]3CCCN3C(=O)CCCCNC(=S)Nc3ccc4c(c3)C3(OC4=O)c4ccc(O)cc4Oc4cc(O)ccc43)[C@@H](C)O)C2)cc1O. The number of aliphatic carboxylic acids is 3. The smallest absolute Gasteiger partial charge is 0.340 e. The number of phenolic OH excluding ortho intramolecular Hbond substituents is 3. The van der Waals surface area contributed by atoms with Crippen molar-refractivity contribution in [3.05, 3.63) is 101 Å². The number of carbonyl (C=O) groups excluding carboxylic acids is 11. The molecule has 4 aromatic carbocycles. The molecule has 38 nitrogen and oxygen atoms in total. The largest absolute Gasteiger partial charge is 0.508 e. The molecule has 10 amide bonds. The first-order valence-corrected chi connectivity index (χ1v) is 38.4. The molecule has 1 spiro atoms. The molecule has 11 atom stereocenters. The van der Waals surface area contributed by atoms with Crippen LogP contribution in [0.4, 0.5) is 5.69 Å². The van der Waals surface area contributed by atoms with E-state index >= 15 is 4.79 Å². The number of hydrogen-bond donors (Lipinski definition) is 15. The number of unbranched alkanes of at least 4 members (excludes halogenated alkanes) is 1. The van der Waals surface area contributed by atoms with Crippen molar-refractivity contribution < 1.29 is 122 Å². The molecule has 0 aromatic heterocycles. The summed E-state index contributed by atoms with van der Waals surface area (Å²) in [7, 11) is 1.35. The number of nitrogens with zero attached hydrogens (tertiary/aromatic N) is 5. The minimum atomic E-state index is -1.78. The number of aromatic hydroxyl groups is 3. The first kappa shape index (κ1) is 86.0. The third-order valence-electron chi connectivity index (χ3n) is 21.0. The molecule has 622 valence electrons. The Morgan fingerprint density at radius 1 is 0.629 bits per heavy atom. The fourth-order valence-corrected chi connectivity index (χ4v) is 15.4. The van der Waals surface area contributed by atoms with Crippen LogP contribution in [0.5, 0.6) is 34.5 Å². The van der Waals surface area contributed by atoms with E-state index in [-0.39, 0.29) is 116 Å². The van der Waals surface area contributed by atoms with Crippen molar-refractivity contribution in [2.45, 2.75) is 195 Å². The maximum absolute atomic E-state index is 15.0. The maximum atomic E-state index is 15.0. The van der Waals surface area contributed by atoms with Gasteiger partial charge in [0.2, 0.25) is 59.1 Å². The molecule has 4 saturated heterocycles. The number of piperidine rings is 1. The number of amides is 10. The summed E-state index contributed by atoms with van der Waals surface area (Å²) in [4.78, 5) is 201. The van der Waals surface area contributed by atoms with E-state index in [1.165, 1.54) is 79.4 Å². The molecule has 16 N–H and O–H groups in total. The average molecular weight is 1630 g/mol. The summed E-state index contributed by atoms with van der Waals surface area (Å²) < 4.78 is 17.3. The lowest BCUT2D eigenvalue weighted by Crippen LogP contribution is -2.62. The number of carboxylic acid groups (broad SMARTS) is 3. The number of esters is 1. The summed E-state index contributed by atoms with van der Waals surface area (Å²) in [5.74, 6) is -13.3. The van der Waals surface area contributed by atoms with Gasteiger partial charge in [0.25, 0.3) is 0 Å². The topological polar surface area (TPSA) is 553 Å². The van der Waals surface area contributed by atoms with Crippen LogP contribution in [0.1, 0.15) is 156 Å². The van der Waals surface area contributed by atoms with Gasteiger partial charge in [-0.15, -0.1) is 0 Å². The van der Waals surface area contributed by atoms with Crippen molar-refractivity contribution in [1.29, 1.82) is 0 Å². The second-order valence-corrected chi connectivity index (χ2v) is 29.5. The van der Waals surface area contributed by atoms with Gasteiger partial charge in [-0.2, -0.15) is 0 Å². The monoisotopic (exact) mass is 1630 g/mol. The highest BCUT2D eigenvalue weighted by molar-refractivity contribution is 7.80.